The lowest BCUT2D eigenvalue weighted by atomic mass is 9.95. The first-order chi connectivity index (χ1) is 8.97. The average molecular weight is 259 g/mol. The summed E-state index contributed by atoms with van der Waals surface area (Å²) >= 11 is 0. The Morgan fingerprint density at radius 3 is 2.16 bits per heavy atom. The van der Waals surface area contributed by atoms with Crippen molar-refractivity contribution in [1.29, 1.82) is 0 Å². The summed E-state index contributed by atoms with van der Waals surface area (Å²) in [6.07, 6.45) is 3.97. The van der Waals surface area contributed by atoms with Crippen molar-refractivity contribution in [2.24, 2.45) is 16.1 Å². The van der Waals surface area contributed by atoms with Crippen LogP contribution in [-0.2, 0) is 0 Å². The Morgan fingerprint density at radius 2 is 1.63 bits per heavy atom. The first-order valence-electron chi connectivity index (χ1n) is 7.16. The van der Waals surface area contributed by atoms with E-state index in [1.54, 1.807) is 0 Å². The molecule has 2 rings (SSSR count). The third kappa shape index (κ3) is 3.72. The van der Waals surface area contributed by atoms with Crippen molar-refractivity contribution in [1.82, 2.24) is 0 Å². The van der Waals surface area contributed by atoms with Crippen LogP contribution in [0.5, 0.6) is 0 Å². The highest BCUT2D eigenvalue weighted by Crippen LogP contribution is 2.24. The number of hydrogen-bond donors (Lipinski definition) is 1. The van der Waals surface area contributed by atoms with E-state index in [2.05, 4.69) is 54.9 Å². The summed E-state index contributed by atoms with van der Waals surface area (Å²) in [5, 5.41) is 0. The second-order valence-electron chi connectivity index (χ2n) is 6.31. The highest BCUT2D eigenvalue weighted by molar-refractivity contribution is 5.87. The monoisotopic (exact) mass is 259 g/mol. The minimum Gasteiger partial charge on any atom is -0.387 e. The normalized spacial score (nSPS) is 17.6. The summed E-state index contributed by atoms with van der Waals surface area (Å²) < 4.78 is 0. The van der Waals surface area contributed by atoms with Crippen LogP contribution in [0.2, 0.25) is 0 Å². The highest BCUT2D eigenvalue weighted by Gasteiger charge is 2.15. The molecule has 1 saturated heterocycles. The van der Waals surface area contributed by atoms with Crippen molar-refractivity contribution in [3.05, 3.63) is 24.3 Å². The van der Waals surface area contributed by atoms with Crippen molar-refractivity contribution in [2.45, 2.75) is 40.0 Å². The van der Waals surface area contributed by atoms with Crippen LogP contribution < -0.4 is 10.6 Å². The molecule has 0 spiro atoms. The highest BCUT2D eigenvalue weighted by atomic mass is 15.1. The van der Waals surface area contributed by atoms with Crippen LogP contribution in [0.4, 0.5) is 11.4 Å². The molecule has 0 atom stereocenters. The molecule has 2 N–H and O–H groups in total. The number of benzene rings is 1. The Morgan fingerprint density at radius 1 is 1.05 bits per heavy atom. The van der Waals surface area contributed by atoms with E-state index >= 15 is 0 Å². The lowest BCUT2D eigenvalue weighted by molar-refractivity contribution is 0.578. The Balaban J connectivity index is 2.10. The molecule has 0 saturated carbocycles. The summed E-state index contributed by atoms with van der Waals surface area (Å²) in [6, 6.07) is 8.42. The number of nitrogens with zero attached hydrogens (tertiary/aromatic N) is 2. The minimum atomic E-state index is -0.0778. The molecule has 1 aliphatic heterocycles. The van der Waals surface area contributed by atoms with E-state index in [4.69, 9.17) is 5.73 Å². The first-order valence-corrected chi connectivity index (χ1v) is 7.16. The number of piperidine rings is 1. The van der Waals surface area contributed by atoms with Gasteiger partial charge in [0.1, 0.15) is 5.84 Å². The predicted molar refractivity (Wildman–Crippen MR) is 83.2 cm³/mol. The number of aliphatic imine (C=N–C) groups is 1. The Bertz CT molecular complexity index is 434. The summed E-state index contributed by atoms with van der Waals surface area (Å²) in [7, 11) is 0. The zero-order chi connectivity index (χ0) is 13.9. The van der Waals surface area contributed by atoms with Gasteiger partial charge in [0.25, 0.3) is 0 Å². The third-order valence-electron chi connectivity index (χ3n) is 3.59. The zero-order valence-corrected chi connectivity index (χ0v) is 12.3. The van der Waals surface area contributed by atoms with Crippen LogP contribution in [0.15, 0.2) is 29.3 Å². The largest absolute Gasteiger partial charge is 0.387 e. The molecule has 0 aromatic heterocycles. The Hall–Kier alpha value is -1.51. The van der Waals surface area contributed by atoms with Gasteiger partial charge < -0.3 is 10.6 Å². The van der Waals surface area contributed by atoms with Gasteiger partial charge in [-0.05, 0) is 43.5 Å². The SMILES string of the molecule is CC(C)(C)C(N)=Nc1ccc(N2CCCCC2)cc1. The molecule has 0 radical (unpaired) electrons. The van der Waals surface area contributed by atoms with E-state index in [0.717, 1.165) is 5.69 Å². The maximum atomic E-state index is 6.00. The fourth-order valence-electron chi connectivity index (χ4n) is 2.20. The molecular weight excluding hydrogens is 234 g/mol. The molecule has 1 aromatic carbocycles. The van der Waals surface area contributed by atoms with Crippen molar-refractivity contribution in [3.63, 3.8) is 0 Å². The van der Waals surface area contributed by atoms with Crippen LogP contribution in [0.1, 0.15) is 40.0 Å². The average Bonchev–Trinajstić information content (AvgIpc) is 2.39. The second kappa shape index (κ2) is 5.64. The minimum absolute atomic E-state index is 0.0778. The van der Waals surface area contributed by atoms with Gasteiger partial charge in [0.15, 0.2) is 0 Å². The van der Waals surface area contributed by atoms with E-state index in [-0.39, 0.29) is 5.41 Å². The second-order valence-corrected chi connectivity index (χ2v) is 6.31. The number of anilines is 1. The molecule has 0 amide bonds. The van der Waals surface area contributed by atoms with Crippen molar-refractivity contribution >= 4 is 17.2 Å². The standard InChI is InChI=1S/C16H25N3/c1-16(2,3)15(17)18-13-7-9-14(10-8-13)19-11-5-4-6-12-19/h7-10H,4-6,11-12H2,1-3H3,(H2,17,18). The molecule has 3 nitrogen and oxygen atoms in total. The van der Waals surface area contributed by atoms with Crippen LogP contribution in [-0.4, -0.2) is 18.9 Å². The zero-order valence-electron chi connectivity index (χ0n) is 12.3. The molecule has 0 aliphatic carbocycles. The Labute approximate surface area is 116 Å². The van der Waals surface area contributed by atoms with Crippen molar-refractivity contribution in [3.8, 4) is 0 Å². The molecular formula is C16H25N3. The van der Waals surface area contributed by atoms with E-state index in [1.807, 2.05) is 0 Å². The van der Waals surface area contributed by atoms with E-state index < -0.39 is 0 Å². The molecule has 0 unspecified atom stereocenters. The van der Waals surface area contributed by atoms with Gasteiger partial charge in [0.2, 0.25) is 0 Å². The third-order valence-corrected chi connectivity index (χ3v) is 3.59. The van der Waals surface area contributed by atoms with Crippen molar-refractivity contribution < 1.29 is 0 Å². The van der Waals surface area contributed by atoms with Gasteiger partial charge >= 0.3 is 0 Å². The molecule has 1 aliphatic rings. The maximum Gasteiger partial charge on any atom is 0.105 e. The van der Waals surface area contributed by atoms with Crippen LogP contribution >= 0.6 is 0 Å². The smallest absolute Gasteiger partial charge is 0.105 e. The van der Waals surface area contributed by atoms with Gasteiger partial charge in [-0.15, -0.1) is 0 Å². The topological polar surface area (TPSA) is 41.6 Å². The molecule has 1 aromatic rings. The number of amidine groups is 1. The molecule has 1 heterocycles. The number of rotatable bonds is 2. The number of nitrogens with two attached hydrogens (primary N) is 1. The first kappa shape index (κ1) is 13.9. The van der Waals surface area contributed by atoms with Gasteiger partial charge in [0, 0.05) is 24.2 Å². The summed E-state index contributed by atoms with van der Waals surface area (Å²) in [4.78, 5) is 6.94. The summed E-state index contributed by atoms with van der Waals surface area (Å²) in [5.74, 6) is 0.679. The molecule has 1 fully saturated rings. The molecule has 19 heavy (non-hydrogen) atoms. The van der Waals surface area contributed by atoms with E-state index in [1.165, 1.54) is 38.0 Å². The van der Waals surface area contributed by atoms with Crippen molar-refractivity contribution in [2.75, 3.05) is 18.0 Å². The lowest BCUT2D eigenvalue weighted by Crippen LogP contribution is -2.29. The molecule has 104 valence electrons. The molecule has 0 bridgehead atoms. The lowest BCUT2D eigenvalue weighted by Gasteiger charge is -2.28. The number of hydrogen-bond acceptors (Lipinski definition) is 2. The van der Waals surface area contributed by atoms with Gasteiger partial charge in [-0.2, -0.15) is 0 Å². The Kier molecular flexibility index (Phi) is 4.13. The van der Waals surface area contributed by atoms with E-state index in [0.29, 0.717) is 5.84 Å². The fraction of sp³-hybridized carbons (Fsp3) is 0.562. The van der Waals surface area contributed by atoms with Gasteiger partial charge in [-0.3, -0.25) is 0 Å². The molecule has 3 heteroatoms. The predicted octanol–water partition coefficient (Wildman–Crippen LogP) is 3.71. The summed E-state index contributed by atoms with van der Waals surface area (Å²) in [5.41, 5.74) is 8.16. The van der Waals surface area contributed by atoms with Crippen LogP contribution in [0.3, 0.4) is 0 Å². The fourth-order valence-corrected chi connectivity index (χ4v) is 2.20. The quantitative estimate of drug-likeness (QED) is 0.650. The summed E-state index contributed by atoms with van der Waals surface area (Å²) in [6.45, 7) is 8.58. The van der Waals surface area contributed by atoms with Gasteiger partial charge in [0.05, 0.1) is 5.69 Å². The van der Waals surface area contributed by atoms with Crippen LogP contribution in [0, 0.1) is 5.41 Å². The van der Waals surface area contributed by atoms with Gasteiger partial charge in [-0.1, -0.05) is 20.8 Å². The van der Waals surface area contributed by atoms with E-state index in [9.17, 15) is 0 Å². The maximum absolute atomic E-state index is 6.00. The van der Waals surface area contributed by atoms with Crippen LogP contribution in [0.25, 0.3) is 0 Å². The van der Waals surface area contributed by atoms with Gasteiger partial charge in [-0.25, -0.2) is 4.99 Å².